The van der Waals surface area contributed by atoms with Crippen LogP contribution in [0.3, 0.4) is 0 Å². The normalized spacial score (nSPS) is 21.1. The van der Waals surface area contributed by atoms with Gasteiger partial charge in [-0.3, -0.25) is 20.4 Å². The summed E-state index contributed by atoms with van der Waals surface area (Å²) < 4.78 is 4.66. The van der Waals surface area contributed by atoms with Crippen LogP contribution in [0.5, 0.6) is 0 Å². The molecule has 2 amide bonds. The molecule has 3 rings (SSSR count). The molecule has 2 aromatic rings. The number of carbonyl (C=O) groups is 3. The van der Waals surface area contributed by atoms with E-state index in [0.29, 0.717) is 6.42 Å². The van der Waals surface area contributed by atoms with Gasteiger partial charge in [-0.05, 0) is 36.6 Å². The number of rotatable bonds is 4. The number of hydrazine groups is 1. The summed E-state index contributed by atoms with van der Waals surface area (Å²) in [4.78, 5) is 37.0. The summed E-state index contributed by atoms with van der Waals surface area (Å²) in [7, 11) is 1.27. The predicted molar refractivity (Wildman–Crippen MR) is 108 cm³/mol. The van der Waals surface area contributed by atoms with Gasteiger partial charge in [-0.1, -0.05) is 49.2 Å². The number of amides is 2. The topological polar surface area (TPSA) is 111 Å². The van der Waals surface area contributed by atoms with E-state index in [2.05, 4.69) is 15.6 Å². The van der Waals surface area contributed by atoms with E-state index in [9.17, 15) is 14.4 Å². The van der Waals surface area contributed by atoms with E-state index in [4.69, 9.17) is 5.73 Å². The summed E-state index contributed by atoms with van der Waals surface area (Å²) in [6, 6.07) is 15.8. The van der Waals surface area contributed by atoms with Crippen LogP contribution in [-0.2, 0) is 9.53 Å². The first-order valence-electron chi connectivity index (χ1n) is 9.58. The summed E-state index contributed by atoms with van der Waals surface area (Å²) in [6.45, 7) is 0. The number of hydrogen-bond acceptors (Lipinski definition) is 5. The lowest BCUT2D eigenvalue weighted by Crippen LogP contribution is -2.62. The number of carbonyl (C=O) groups excluding carboxylic acids is 3. The zero-order chi connectivity index (χ0) is 20.9. The van der Waals surface area contributed by atoms with Crippen LogP contribution in [0.25, 0.3) is 0 Å². The molecule has 4 N–H and O–H groups in total. The Morgan fingerprint density at radius 2 is 1.72 bits per heavy atom. The highest BCUT2D eigenvalue weighted by atomic mass is 16.5. The molecular formula is C22H25N3O4. The summed E-state index contributed by atoms with van der Waals surface area (Å²) >= 11 is 0. The van der Waals surface area contributed by atoms with Crippen molar-refractivity contribution in [2.75, 3.05) is 7.11 Å². The first-order valence-corrected chi connectivity index (χ1v) is 9.58. The van der Waals surface area contributed by atoms with Crippen LogP contribution in [0, 0.1) is 0 Å². The van der Waals surface area contributed by atoms with E-state index in [1.165, 1.54) is 13.2 Å². The van der Waals surface area contributed by atoms with Crippen molar-refractivity contribution in [2.45, 2.75) is 37.1 Å². The second kappa shape index (κ2) is 8.87. The molecule has 0 aliphatic heterocycles. The monoisotopic (exact) mass is 395 g/mol. The molecule has 1 aliphatic rings. The van der Waals surface area contributed by atoms with Gasteiger partial charge in [0.05, 0.1) is 12.7 Å². The average molecular weight is 395 g/mol. The van der Waals surface area contributed by atoms with Crippen molar-refractivity contribution in [3.8, 4) is 0 Å². The van der Waals surface area contributed by atoms with Crippen molar-refractivity contribution >= 4 is 17.8 Å². The van der Waals surface area contributed by atoms with Crippen molar-refractivity contribution in [1.82, 2.24) is 10.9 Å². The number of hydrogen-bond donors (Lipinski definition) is 3. The summed E-state index contributed by atoms with van der Waals surface area (Å²) in [5, 5.41) is 0. The Kier molecular flexibility index (Phi) is 6.29. The molecular weight excluding hydrogens is 370 g/mol. The van der Waals surface area contributed by atoms with Gasteiger partial charge in [0.25, 0.3) is 11.8 Å². The maximum Gasteiger partial charge on any atom is 0.337 e. The minimum Gasteiger partial charge on any atom is -0.465 e. The van der Waals surface area contributed by atoms with Crippen molar-refractivity contribution in [3.05, 3.63) is 71.3 Å². The zero-order valence-electron chi connectivity index (χ0n) is 16.3. The number of benzene rings is 2. The van der Waals surface area contributed by atoms with Gasteiger partial charge in [-0.15, -0.1) is 0 Å². The highest BCUT2D eigenvalue weighted by molar-refractivity contribution is 5.99. The van der Waals surface area contributed by atoms with Crippen molar-refractivity contribution < 1.29 is 19.1 Å². The third-order valence-electron chi connectivity index (χ3n) is 5.42. The number of nitrogens with one attached hydrogen (secondary N) is 2. The Balaban J connectivity index is 1.70. The van der Waals surface area contributed by atoms with Crippen LogP contribution in [0.4, 0.5) is 0 Å². The number of nitrogens with two attached hydrogens (primary N) is 1. The van der Waals surface area contributed by atoms with Gasteiger partial charge in [0.15, 0.2) is 0 Å². The van der Waals surface area contributed by atoms with E-state index < -0.39 is 23.3 Å². The molecule has 1 saturated carbocycles. The van der Waals surface area contributed by atoms with E-state index in [1.54, 1.807) is 18.2 Å². The van der Waals surface area contributed by atoms with Gasteiger partial charge in [0.1, 0.15) is 5.54 Å². The van der Waals surface area contributed by atoms with Crippen LogP contribution in [0.1, 0.15) is 57.9 Å². The van der Waals surface area contributed by atoms with E-state index in [0.717, 1.165) is 24.8 Å². The number of ether oxygens (including phenoxy) is 1. The molecule has 0 heterocycles. The van der Waals surface area contributed by atoms with Crippen molar-refractivity contribution in [1.29, 1.82) is 0 Å². The first-order chi connectivity index (χ1) is 14.0. The highest BCUT2D eigenvalue weighted by Crippen LogP contribution is 2.39. The van der Waals surface area contributed by atoms with Gasteiger partial charge in [0, 0.05) is 11.5 Å². The summed E-state index contributed by atoms with van der Waals surface area (Å²) in [5.41, 5.74) is 11.8. The van der Waals surface area contributed by atoms with Gasteiger partial charge in [0.2, 0.25) is 0 Å². The van der Waals surface area contributed by atoms with E-state index in [-0.39, 0.29) is 17.0 Å². The molecule has 2 atom stereocenters. The Hall–Kier alpha value is -3.19. The second-order valence-corrected chi connectivity index (χ2v) is 7.23. The second-order valence-electron chi connectivity index (χ2n) is 7.23. The third-order valence-corrected chi connectivity index (χ3v) is 5.42. The Morgan fingerprint density at radius 1 is 1.00 bits per heavy atom. The molecule has 7 heteroatoms. The Bertz CT molecular complexity index is 900. The number of esters is 1. The van der Waals surface area contributed by atoms with Crippen LogP contribution < -0.4 is 16.6 Å². The lowest BCUT2D eigenvalue weighted by Gasteiger charge is -2.40. The quantitative estimate of drug-likeness (QED) is 0.543. The summed E-state index contributed by atoms with van der Waals surface area (Å²) in [5.74, 6) is -1.64. The summed E-state index contributed by atoms with van der Waals surface area (Å²) in [6.07, 6.45) is 3.19. The molecule has 0 saturated heterocycles. The van der Waals surface area contributed by atoms with Crippen LogP contribution in [0.2, 0.25) is 0 Å². The SMILES string of the molecule is COC(=O)c1cccc(C(=O)NNC(=O)C2(N)CCCCC2c2ccccc2)c1. The molecule has 7 nitrogen and oxygen atoms in total. The lowest BCUT2D eigenvalue weighted by molar-refractivity contribution is -0.129. The Morgan fingerprint density at radius 3 is 2.45 bits per heavy atom. The van der Waals surface area contributed by atoms with E-state index in [1.807, 2.05) is 30.3 Å². The molecule has 152 valence electrons. The van der Waals surface area contributed by atoms with Gasteiger partial charge in [-0.2, -0.15) is 0 Å². The molecule has 2 aromatic carbocycles. The average Bonchev–Trinajstić information content (AvgIpc) is 2.77. The Labute approximate surface area is 169 Å². The fourth-order valence-electron chi connectivity index (χ4n) is 3.83. The van der Waals surface area contributed by atoms with Crippen molar-refractivity contribution in [2.24, 2.45) is 5.73 Å². The molecule has 0 aromatic heterocycles. The van der Waals surface area contributed by atoms with Crippen LogP contribution in [-0.4, -0.2) is 30.4 Å². The number of methoxy groups -OCH3 is 1. The fourth-order valence-corrected chi connectivity index (χ4v) is 3.83. The predicted octanol–water partition coefficient (Wildman–Crippen LogP) is 2.29. The molecule has 1 fully saturated rings. The minimum absolute atomic E-state index is 0.128. The molecule has 1 aliphatic carbocycles. The third kappa shape index (κ3) is 4.46. The first kappa shape index (κ1) is 20.5. The maximum atomic E-state index is 12.9. The maximum absolute atomic E-state index is 12.9. The smallest absolute Gasteiger partial charge is 0.337 e. The molecule has 0 radical (unpaired) electrons. The largest absolute Gasteiger partial charge is 0.465 e. The fraction of sp³-hybridized carbons (Fsp3) is 0.318. The van der Waals surface area contributed by atoms with Crippen LogP contribution >= 0.6 is 0 Å². The van der Waals surface area contributed by atoms with Gasteiger partial charge >= 0.3 is 5.97 Å². The van der Waals surface area contributed by atoms with Crippen molar-refractivity contribution in [3.63, 3.8) is 0 Å². The van der Waals surface area contributed by atoms with Gasteiger partial charge < -0.3 is 10.5 Å². The minimum atomic E-state index is -1.11. The van der Waals surface area contributed by atoms with Gasteiger partial charge in [-0.25, -0.2) is 4.79 Å². The molecule has 0 spiro atoms. The van der Waals surface area contributed by atoms with Crippen LogP contribution in [0.15, 0.2) is 54.6 Å². The molecule has 0 bridgehead atoms. The molecule has 29 heavy (non-hydrogen) atoms. The standard InChI is InChI=1S/C22H25N3O4/c1-29-20(27)17-11-7-10-16(14-17)19(26)24-25-21(28)22(23)13-6-5-12-18(22)15-8-3-2-4-9-15/h2-4,7-11,14,18H,5-6,12-13,23H2,1H3,(H,24,26)(H,25,28). The molecule has 2 unspecified atom stereocenters. The highest BCUT2D eigenvalue weighted by Gasteiger charge is 2.44. The lowest BCUT2D eigenvalue weighted by atomic mass is 9.69. The van der Waals surface area contributed by atoms with E-state index >= 15 is 0 Å². The zero-order valence-corrected chi connectivity index (χ0v) is 16.3.